The molecule has 0 radical (unpaired) electrons. The predicted octanol–water partition coefficient (Wildman–Crippen LogP) is 2.82. The van der Waals surface area contributed by atoms with Crippen LogP contribution in [0.15, 0.2) is 48.8 Å². The van der Waals surface area contributed by atoms with Crippen LogP contribution in [-0.2, 0) is 13.6 Å². The minimum atomic E-state index is 0.254. The van der Waals surface area contributed by atoms with Crippen LogP contribution in [0.2, 0.25) is 0 Å². The molecule has 1 N–H and O–H groups in total. The van der Waals surface area contributed by atoms with E-state index in [0.29, 0.717) is 0 Å². The van der Waals surface area contributed by atoms with Crippen molar-refractivity contribution in [1.82, 2.24) is 20.1 Å². The van der Waals surface area contributed by atoms with Crippen molar-refractivity contribution in [2.45, 2.75) is 19.5 Å². The van der Waals surface area contributed by atoms with Crippen molar-refractivity contribution in [2.24, 2.45) is 7.05 Å². The summed E-state index contributed by atoms with van der Waals surface area (Å²) in [4.78, 5) is 4.16. The Hall–Kier alpha value is -2.20. The Bertz CT molecular complexity index is 703. The highest BCUT2D eigenvalue weighted by Crippen LogP contribution is 2.18. The standard InChI is InChI=1S/C16H18N4/c1-12(13-6-5-9-17-10-13)18-11-15-14-7-3-4-8-16(14)20(2)19-15/h3-10,12,18H,11H2,1-2H3/t12-/m1/s1. The van der Waals surface area contributed by atoms with E-state index in [0.717, 1.165) is 12.2 Å². The predicted molar refractivity (Wildman–Crippen MR) is 80.2 cm³/mol. The number of nitrogens with zero attached hydrogens (tertiary/aromatic N) is 3. The Labute approximate surface area is 118 Å². The number of hydrogen-bond donors (Lipinski definition) is 1. The van der Waals surface area contributed by atoms with E-state index in [1.54, 1.807) is 6.20 Å². The molecule has 0 aliphatic carbocycles. The van der Waals surface area contributed by atoms with Crippen LogP contribution in [0.4, 0.5) is 0 Å². The average Bonchev–Trinajstić information content (AvgIpc) is 2.83. The van der Waals surface area contributed by atoms with Crippen LogP contribution >= 0.6 is 0 Å². The maximum atomic E-state index is 4.59. The molecule has 0 fully saturated rings. The number of hydrogen-bond acceptors (Lipinski definition) is 3. The zero-order valence-electron chi connectivity index (χ0n) is 11.7. The molecule has 0 saturated carbocycles. The Morgan fingerprint density at radius 3 is 2.85 bits per heavy atom. The summed E-state index contributed by atoms with van der Waals surface area (Å²) in [6.07, 6.45) is 3.69. The van der Waals surface area contributed by atoms with E-state index < -0.39 is 0 Å². The molecule has 4 heteroatoms. The van der Waals surface area contributed by atoms with Gasteiger partial charge in [0.25, 0.3) is 0 Å². The summed E-state index contributed by atoms with van der Waals surface area (Å²) in [5.41, 5.74) is 3.44. The highest BCUT2D eigenvalue weighted by molar-refractivity contribution is 5.81. The molecule has 1 atom stereocenters. The molecule has 4 nitrogen and oxygen atoms in total. The molecular weight excluding hydrogens is 248 g/mol. The third kappa shape index (κ3) is 2.42. The summed E-state index contributed by atoms with van der Waals surface area (Å²) in [6.45, 7) is 2.89. The summed E-state index contributed by atoms with van der Waals surface area (Å²) in [5.74, 6) is 0. The molecule has 0 aliphatic heterocycles. The zero-order valence-corrected chi connectivity index (χ0v) is 11.7. The van der Waals surface area contributed by atoms with Gasteiger partial charge in [-0.1, -0.05) is 24.3 Å². The first-order valence-corrected chi connectivity index (χ1v) is 6.79. The minimum Gasteiger partial charge on any atom is -0.304 e. The molecule has 0 spiro atoms. The highest BCUT2D eigenvalue weighted by Gasteiger charge is 2.10. The van der Waals surface area contributed by atoms with Crippen LogP contribution < -0.4 is 5.32 Å². The van der Waals surface area contributed by atoms with Gasteiger partial charge < -0.3 is 5.32 Å². The lowest BCUT2D eigenvalue weighted by Crippen LogP contribution is -2.18. The van der Waals surface area contributed by atoms with E-state index in [9.17, 15) is 0 Å². The fourth-order valence-electron chi connectivity index (χ4n) is 2.42. The molecule has 0 bridgehead atoms. The van der Waals surface area contributed by atoms with E-state index >= 15 is 0 Å². The van der Waals surface area contributed by atoms with Gasteiger partial charge in [-0.15, -0.1) is 0 Å². The molecule has 1 aromatic carbocycles. The number of aromatic nitrogens is 3. The van der Waals surface area contributed by atoms with E-state index in [4.69, 9.17) is 0 Å². The Kier molecular flexibility index (Phi) is 3.48. The van der Waals surface area contributed by atoms with Crippen molar-refractivity contribution in [3.05, 3.63) is 60.0 Å². The third-order valence-electron chi connectivity index (χ3n) is 3.59. The van der Waals surface area contributed by atoms with Crippen molar-refractivity contribution in [2.75, 3.05) is 0 Å². The molecule has 0 aliphatic rings. The Morgan fingerprint density at radius 1 is 1.20 bits per heavy atom. The van der Waals surface area contributed by atoms with Crippen molar-refractivity contribution >= 4 is 10.9 Å². The lowest BCUT2D eigenvalue weighted by Gasteiger charge is -2.12. The fraction of sp³-hybridized carbons (Fsp3) is 0.250. The smallest absolute Gasteiger partial charge is 0.0841 e. The second kappa shape index (κ2) is 5.43. The molecule has 0 saturated heterocycles. The first-order chi connectivity index (χ1) is 9.75. The molecule has 2 heterocycles. The second-order valence-corrected chi connectivity index (χ2v) is 4.98. The van der Waals surface area contributed by atoms with Gasteiger partial charge >= 0.3 is 0 Å². The van der Waals surface area contributed by atoms with Crippen LogP contribution in [0.25, 0.3) is 10.9 Å². The maximum absolute atomic E-state index is 4.59. The van der Waals surface area contributed by atoms with Crippen molar-refractivity contribution in [1.29, 1.82) is 0 Å². The van der Waals surface area contributed by atoms with Crippen LogP contribution in [-0.4, -0.2) is 14.8 Å². The van der Waals surface area contributed by atoms with Gasteiger partial charge in [-0.25, -0.2) is 0 Å². The van der Waals surface area contributed by atoms with Crippen LogP contribution in [0.1, 0.15) is 24.2 Å². The van der Waals surface area contributed by atoms with Gasteiger partial charge in [0, 0.05) is 37.4 Å². The number of pyridine rings is 1. The number of benzene rings is 1. The first-order valence-electron chi connectivity index (χ1n) is 6.79. The normalized spacial score (nSPS) is 12.7. The summed E-state index contributed by atoms with van der Waals surface area (Å²) in [6, 6.07) is 12.6. The molecule has 0 unspecified atom stereocenters. The maximum Gasteiger partial charge on any atom is 0.0841 e. The van der Waals surface area contributed by atoms with Crippen molar-refractivity contribution < 1.29 is 0 Å². The van der Waals surface area contributed by atoms with Gasteiger partial charge in [0.05, 0.1) is 11.2 Å². The molecule has 3 rings (SSSR count). The largest absolute Gasteiger partial charge is 0.304 e. The third-order valence-corrected chi connectivity index (χ3v) is 3.59. The number of aryl methyl sites for hydroxylation is 1. The quantitative estimate of drug-likeness (QED) is 0.789. The number of nitrogens with one attached hydrogen (secondary N) is 1. The van der Waals surface area contributed by atoms with Crippen molar-refractivity contribution in [3.63, 3.8) is 0 Å². The summed E-state index contributed by atoms with van der Waals surface area (Å²) in [5, 5.41) is 9.31. The minimum absolute atomic E-state index is 0.254. The SMILES string of the molecule is C[C@@H](NCc1nn(C)c2ccccc12)c1cccnc1. The first kappa shape index (κ1) is 12.8. The van der Waals surface area contributed by atoms with E-state index in [1.165, 1.54) is 16.5 Å². The molecule has 20 heavy (non-hydrogen) atoms. The molecular formula is C16H18N4. The van der Waals surface area contributed by atoms with E-state index in [-0.39, 0.29) is 6.04 Å². The van der Waals surface area contributed by atoms with Gasteiger partial charge in [-0.3, -0.25) is 9.67 Å². The fourth-order valence-corrected chi connectivity index (χ4v) is 2.42. The number of para-hydroxylation sites is 1. The molecule has 3 aromatic rings. The topological polar surface area (TPSA) is 42.7 Å². The Morgan fingerprint density at radius 2 is 2.05 bits per heavy atom. The summed E-state index contributed by atoms with van der Waals surface area (Å²) >= 11 is 0. The Balaban J connectivity index is 1.77. The van der Waals surface area contributed by atoms with Crippen LogP contribution in [0.5, 0.6) is 0 Å². The summed E-state index contributed by atoms with van der Waals surface area (Å²) in [7, 11) is 1.98. The van der Waals surface area contributed by atoms with Gasteiger partial charge in [-0.2, -0.15) is 5.10 Å². The van der Waals surface area contributed by atoms with Crippen LogP contribution in [0, 0.1) is 0 Å². The van der Waals surface area contributed by atoms with Gasteiger partial charge in [0.2, 0.25) is 0 Å². The average molecular weight is 266 g/mol. The van der Waals surface area contributed by atoms with Crippen molar-refractivity contribution in [3.8, 4) is 0 Å². The van der Waals surface area contributed by atoms with E-state index in [2.05, 4.69) is 46.6 Å². The lowest BCUT2D eigenvalue weighted by atomic mass is 10.1. The lowest BCUT2D eigenvalue weighted by molar-refractivity contribution is 0.562. The van der Waals surface area contributed by atoms with Crippen LogP contribution in [0.3, 0.4) is 0 Å². The van der Waals surface area contributed by atoms with Gasteiger partial charge in [0.1, 0.15) is 0 Å². The highest BCUT2D eigenvalue weighted by atomic mass is 15.3. The second-order valence-electron chi connectivity index (χ2n) is 4.98. The number of rotatable bonds is 4. The number of fused-ring (bicyclic) bond motifs is 1. The zero-order chi connectivity index (χ0) is 13.9. The van der Waals surface area contributed by atoms with Gasteiger partial charge in [0.15, 0.2) is 0 Å². The van der Waals surface area contributed by atoms with Gasteiger partial charge in [-0.05, 0) is 24.6 Å². The summed E-state index contributed by atoms with van der Waals surface area (Å²) < 4.78 is 1.93. The van der Waals surface area contributed by atoms with E-state index in [1.807, 2.05) is 30.1 Å². The molecule has 2 aromatic heterocycles. The monoisotopic (exact) mass is 266 g/mol. The molecule has 102 valence electrons. The molecule has 0 amide bonds.